The van der Waals surface area contributed by atoms with Crippen molar-refractivity contribution in [2.75, 3.05) is 38.9 Å². The summed E-state index contributed by atoms with van der Waals surface area (Å²) < 4.78 is 0. The standard InChI is InChI=1S/C15H35BrNP/c1-6-9-12-18(16,13-10-7-2,14-11-8-3)15-17(4)5/h6-15H2,1-5H3. The molecule has 0 heterocycles. The van der Waals surface area contributed by atoms with E-state index in [-0.39, 0.29) is 0 Å². The van der Waals surface area contributed by atoms with Crippen LogP contribution >= 0.6 is 20.8 Å². The second-order valence-electron chi connectivity index (χ2n) is 6.27. The molecule has 0 bridgehead atoms. The Bertz CT molecular complexity index is 194. The second kappa shape index (κ2) is 8.93. The summed E-state index contributed by atoms with van der Waals surface area (Å²) in [5, 5.41) is -1.67. The maximum absolute atomic E-state index is 4.39. The van der Waals surface area contributed by atoms with Crippen molar-refractivity contribution in [3.8, 4) is 0 Å². The predicted octanol–water partition coefficient (Wildman–Crippen LogP) is 5.77. The average Bonchev–Trinajstić information content (AvgIpc) is 2.32. The van der Waals surface area contributed by atoms with Crippen LogP contribution in [0.5, 0.6) is 0 Å². The number of nitrogens with zero attached hydrogens (tertiary/aromatic N) is 1. The monoisotopic (exact) mass is 339 g/mol. The Morgan fingerprint density at radius 3 is 1.33 bits per heavy atom. The van der Waals surface area contributed by atoms with Gasteiger partial charge in [0.2, 0.25) is 0 Å². The van der Waals surface area contributed by atoms with E-state index in [1.807, 2.05) is 0 Å². The molecule has 0 aliphatic carbocycles. The van der Waals surface area contributed by atoms with Crippen LogP contribution in [0.4, 0.5) is 0 Å². The molecule has 0 atom stereocenters. The number of halogens is 1. The molecule has 0 fully saturated rings. The Hall–Kier alpha value is 0.870. The normalized spacial score (nSPS) is 14.7. The molecule has 18 heavy (non-hydrogen) atoms. The number of rotatable bonds is 11. The Labute approximate surface area is 124 Å². The number of unbranched alkanes of at least 4 members (excludes halogenated alkanes) is 3. The molecule has 112 valence electrons. The summed E-state index contributed by atoms with van der Waals surface area (Å²) in [7, 11) is 4.49. The molecule has 0 aliphatic heterocycles. The summed E-state index contributed by atoms with van der Waals surface area (Å²) in [6, 6.07) is 0. The van der Waals surface area contributed by atoms with Crippen molar-refractivity contribution in [1.82, 2.24) is 4.90 Å². The molecule has 3 heteroatoms. The maximum atomic E-state index is 4.39. The van der Waals surface area contributed by atoms with E-state index in [0.717, 1.165) is 0 Å². The van der Waals surface area contributed by atoms with Crippen molar-refractivity contribution in [1.29, 1.82) is 0 Å². The first kappa shape index (κ1) is 18.9. The SMILES string of the molecule is CCCCP(Br)(CCCC)(CCCC)CN(C)C. The fourth-order valence-electron chi connectivity index (χ4n) is 2.91. The van der Waals surface area contributed by atoms with E-state index in [9.17, 15) is 0 Å². The molecule has 0 amide bonds. The summed E-state index contributed by atoms with van der Waals surface area (Å²) in [6.45, 7) is 6.97. The molecule has 0 aromatic carbocycles. The van der Waals surface area contributed by atoms with Crippen molar-refractivity contribution >= 4 is 20.8 Å². The fourth-order valence-corrected chi connectivity index (χ4v) is 12.3. The average molecular weight is 340 g/mol. The van der Waals surface area contributed by atoms with Crippen molar-refractivity contribution in [3.05, 3.63) is 0 Å². The van der Waals surface area contributed by atoms with E-state index in [2.05, 4.69) is 55.3 Å². The molecule has 0 unspecified atom stereocenters. The van der Waals surface area contributed by atoms with E-state index in [0.29, 0.717) is 0 Å². The van der Waals surface area contributed by atoms with Crippen molar-refractivity contribution in [2.45, 2.75) is 59.3 Å². The molecular formula is C15H35BrNP. The summed E-state index contributed by atoms with van der Waals surface area (Å²) in [6.07, 6.45) is 13.8. The topological polar surface area (TPSA) is 3.24 Å². The van der Waals surface area contributed by atoms with Crippen LogP contribution in [-0.2, 0) is 0 Å². The fraction of sp³-hybridized carbons (Fsp3) is 1.00. The van der Waals surface area contributed by atoms with Gasteiger partial charge in [-0.3, -0.25) is 0 Å². The van der Waals surface area contributed by atoms with Gasteiger partial charge in [0.15, 0.2) is 0 Å². The third-order valence-corrected chi connectivity index (χ3v) is 13.3. The molecule has 0 saturated carbocycles. The minimum atomic E-state index is -1.67. The molecule has 0 saturated heterocycles. The van der Waals surface area contributed by atoms with Crippen molar-refractivity contribution < 1.29 is 0 Å². The summed E-state index contributed by atoms with van der Waals surface area (Å²) in [5.74, 6) is 0. The van der Waals surface area contributed by atoms with Gasteiger partial charge >= 0.3 is 124 Å². The van der Waals surface area contributed by atoms with Crippen LogP contribution in [-0.4, -0.2) is 43.8 Å². The van der Waals surface area contributed by atoms with E-state index < -0.39 is 5.31 Å². The predicted molar refractivity (Wildman–Crippen MR) is 93.7 cm³/mol. The molecule has 0 rings (SSSR count). The number of hydrogen-bond donors (Lipinski definition) is 0. The molecule has 0 aromatic heterocycles. The first-order chi connectivity index (χ1) is 8.40. The second-order valence-corrected chi connectivity index (χ2v) is 17.6. The zero-order chi connectivity index (χ0) is 14.1. The van der Waals surface area contributed by atoms with Gasteiger partial charge in [-0.1, -0.05) is 0 Å². The van der Waals surface area contributed by atoms with Crippen LogP contribution < -0.4 is 0 Å². The summed E-state index contributed by atoms with van der Waals surface area (Å²) in [5.41, 5.74) is 0. The van der Waals surface area contributed by atoms with Crippen LogP contribution in [0.3, 0.4) is 0 Å². The first-order valence-electron chi connectivity index (χ1n) is 7.77. The Balaban J connectivity index is 4.94. The van der Waals surface area contributed by atoms with Gasteiger partial charge in [-0.25, -0.2) is 0 Å². The van der Waals surface area contributed by atoms with Crippen LogP contribution in [0.2, 0.25) is 0 Å². The zero-order valence-electron chi connectivity index (χ0n) is 13.3. The van der Waals surface area contributed by atoms with Crippen LogP contribution in [0.1, 0.15) is 59.3 Å². The van der Waals surface area contributed by atoms with Crippen LogP contribution in [0, 0.1) is 0 Å². The van der Waals surface area contributed by atoms with E-state index in [4.69, 9.17) is 0 Å². The molecule has 1 nitrogen and oxygen atoms in total. The molecule has 0 radical (unpaired) electrons. The Morgan fingerprint density at radius 2 is 1.11 bits per heavy atom. The zero-order valence-corrected chi connectivity index (χ0v) is 15.8. The number of hydrogen-bond acceptors (Lipinski definition) is 1. The van der Waals surface area contributed by atoms with E-state index in [1.54, 1.807) is 0 Å². The minimum absolute atomic E-state index is 1.30. The van der Waals surface area contributed by atoms with E-state index >= 15 is 0 Å². The van der Waals surface area contributed by atoms with Gasteiger partial charge in [0.1, 0.15) is 0 Å². The Kier molecular flexibility index (Phi) is 9.36. The van der Waals surface area contributed by atoms with Crippen LogP contribution in [0.15, 0.2) is 0 Å². The third-order valence-electron chi connectivity index (χ3n) is 3.85. The van der Waals surface area contributed by atoms with Gasteiger partial charge in [0.25, 0.3) is 0 Å². The summed E-state index contributed by atoms with van der Waals surface area (Å²) >= 11 is 4.39. The first-order valence-corrected chi connectivity index (χ1v) is 12.8. The van der Waals surface area contributed by atoms with Gasteiger partial charge in [-0.15, -0.1) is 0 Å². The van der Waals surface area contributed by atoms with Gasteiger partial charge in [-0.2, -0.15) is 0 Å². The Morgan fingerprint density at radius 1 is 0.778 bits per heavy atom. The molecular weight excluding hydrogens is 305 g/mol. The molecule has 0 aromatic rings. The third kappa shape index (κ3) is 6.87. The van der Waals surface area contributed by atoms with Gasteiger partial charge in [0.05, 0.1) is 0 Å². The molecule has 0 spiro atoms. The molecule has 0 aliphatic rings. The van der Waals surface area contributed by atoms with Gasteiger partial charge in [0, 0.05) is 0 Å². The van der Waals surface area contributed by atoms with Crippen LogP contribution in [0.25, 0.3) is 0 Å². The van der Waals surface area contributed by atoms with Gasteiger partial charge in [-0.05, 0) is 0 Å². The van der Waals surface area contributed by atoms with Crippen molar-refractivity contribution in [2.24, 2.45) is 0 Å². The van der Waals surface area contributed by atoms with Gasteiger partial charge < -0.3 is 0 Å². The summed E-state index contributed by atoms with van der Waals surface area (Å²) in [4.78, 5) is 2.42. The van der Waals surface area contributed by atoms with E-state index in [1.165, 1.54) is 63.3 Å². The van der Waals surface area contributed by atoms with Crippen molar-refractivity contribution in [3.63, 3.8) is 0 Å². The molecule has 0 N–H and O–H groups in total. The quantitative estimate of drug-likeness (QED) is 0.432.